The van der Waals surface area contributed by atoms with Gasteiger partial charge in [-0.3, -0.25) is 4.68 Å². The first-order valence-corrected chi connectivity index (χ1v) is 8.51. The molecule has 148 valence electrons. The van der Waals surface area contributed by atoms with Gasteiger partial charge < -0.3 is 9.47 Å². The maximum atomic E-state index is 12.2. The van der Waals surface area contributed by atoms with Gasteiger partial charge in [0, 0.05) is 33.6 Å². The number of methoxy groups -OCH3 is 2. The van der Waals surface area contributed by atoms with Gasteiger partial charge in [0.15, 0.2) is 5.82 Å². The standard InChI is InChI=1S/C18H15Cl2N3O4.ClH/c1-22-16(23(17(24)26-2)18(25)27-3)13-6-4-5-12(15(13)21-22)11-8-7-10(19)9-14(11)20;/h4-9H,1-3H3;1H. The first kappa shape index (κ1) is 21.8. The summed E-state index contributed by atoms with van der Waals surface area (Å²) in [4.78, 5) is 25.1. The van der Waals surface area contributed by atoms with Crippen LogP contribution in [0.4, 0.5) is 15.4 Å². The fourth-order valence-electron chi connectivity index (χ4n) is 2.82. The summed E-state index contributed by atoms with van der Waals surface area (Å²) in [6, 6.07) is 10.5. The van der Waals surface area contributed by atoms with Crippen LogP contribution in [0.25, 0.3) is 22.0 Å². The minimum Gasteiger partial charge on any atom is -0.452 e. The van der Waals surface area contributed by atoms with E-state index in [4.69, 9.17) is 32.7 Å². The lowest BCUT2D eigenvalue weighted by atomic mass is 10.0. The Bertz CT molecular complexity index is 1040. The fourth-order valence-corrected chi connectivity index (χ4v) is 3.33. The molecule has 0 spiro atoms. The Morgan fingerprint density at radius 2 is 1.68 bits per heavy atom. The van der Waals surface area contributed by atoms with Crippen LogP contribution in [-0.2, 0) is 16.5 Å². The van der Waals surface area contributed by atoms with Crippen molar-refractivity contribution >= 4 is 64.5 Å². The second-order valence-electron chi connectivity index (χ2n) is 5.55. The highest BCUT2D eigenvalue weighted by Crippen LogP contribution is 2.37. The van der Waals surface area contributed by atoms with Crippen LogP contribution >= 0.6 is 35.6 Å². The van der Waals surface area contributed by atoms with E-state index in [1.807, 2.05) is 6.07 Å². The quantitative estimate of drug-likeness (QED) is 0.535. The van der Waals surface area contributed by atoms with E-state index in [2.05, 4.69) is 5.10 Å². The molecule has 0 atom stereocenters. The molecule has 0 bridgehead atoms. The molecule has 0 saturated heterocycles. The average molecular weight is 445 g/mol. The molecule has 28 heavy (non-hydrogen) atoms. The minimum atomic E-state index is -0.887. The van der Waals surface area contributed by atoms with Gasteiger partial charge >= 0.3 is 12.2 Å². The third-order valence-corrected chi connectivity index (χ3v) is 4.53. The Balaban J connectivity index is 0.00000280. The van der Waals surface area contributed by atoms with Crippen LogP contribution in [0.3, 0.4) is 0 Å². The zero-order valence-electron chi connectivity index (χ0n) is 15.1. The van der Waals surface area contributed by atoms with Gasteiger partial charge in [-0.15, -0.1) is 12.4 Å². The molecule has 0 radical (unpaired) electrons. The smallest absolute Gasteiger partial charge is 0.425 e. The van der Waals surface area contributed by atoms with Crippen molar-refractivity contribution in [1.82, 2.24) is 9.78 Å². The molecule has 0 aliphatic rings. The van der Waals surface area contributed by atoms with Crippen molar-refractivity contribution < 1.29 is 19.1 Å². The summed E-state index contributed by atoms with van der Waals surface area (Å²) in [6.45, 7) is 0. The van der Waals surface area contributed by atoms with Gasteiger partial charge in [-0.2, -0.15) is 10.00 Å². The van der Waals surface area contributed by atoms with E-state index in [1.54, 1.807) is 37.4 Å². The Kier molecular flexibility index (Phi) is 6.77. The van der Waals surface area contributed by atoms with E-state index >= 15 is 0 Å². The van der Waals surface area contributed by atoms with Gasteiger partial charge in [-0.05, 0) is 18.2 Å². The highest BCUT2D eigenvalue weighted by atomic mass is 35.5. The number of benzene rings is 2. The third kappa shape index (κ3) is 3.73. The molecule has 2 aromatic carbocycles. The molecule has 0 aliphatic carbocycles. The number of carbonyl (C=O) groups is 2. The first-order valence-electron chi connectivity index (χ1n) is 7.76. The van der Waals surface area contributed by atoms with E-state index in [0.717, 1.165) is 16.0 Å². The number of nitrogens with zero attached hydrogens (tertiary/aromatic N) is 3. The lowest BCUT2D eigenvalue weighted by Gasteiger charge is -2.18. The van der Waals surface area contributed by atoms with E-state index in [9.17, 15) is 9.59 Å². The van der Waals surface area contributed by atoms with Gasteiger partial charge in [0.1, 0.15) is 5.52 Å². The monoisotopic (exact) mass is 443 g/mol. The molecular weight excluding hydrogens is 429 g/mol. The Labute approximate surface area is 177 Å². The average Bonchev–Trinajstić information content (AvgIpc) is 2.98. The first-order chi connectivity index (χ1) is 12.9. The second-order valence-corrected chi connectivity index (χ2v) is 6.39. The lowest BCUT2D eigenvalue weighted by Crippen LogP contribution is -2.38. The molecule has 0 unspecified atom stereocenters. The van der Waals surface area contributed by atoms with E-state index < -0.39 is 12.2 Å². The highest BCUT2D eigenvalue weighted by molar-refractivity contribution is 6.36. The summed E-state index contributed by atoms with van der Waals surface area (Å²) >= 11 is 12.3. The summed E-state index contributed by atoms with van der Waals surface area (Å²) in [7, 11) is 3.97. The van der Waals surface area contributed by atoms with E-state index in [0.29, 0.717) is 20.9 Å². The molecule has 3 aromatic rings. The van der Waals surface area contributed by atoms with Crippen LogP contribution in [-0.4, -0.2) is 36.2 Å². The van der Waals surface area contributed by atoms with Gasteiger partial charge in [0.2, 0.25) is 0 Å². The number of ether oxygens (including phenoxy) is 2. The van der Waals surface area contributed by atoms with E-state index in [-0.39, 0.29) is 18.2 Å². The summed E-state index contributed by atoms with van der Waals surface area (Å²) in [5, 5.41) is 6.00. The number of carbonyl (C=O) groups excluding carboxylic acids is 2. The van der Waals surface area contributed by atoms with Crippen LogP contribution in [0.2, 0.25) is 10.0 Å². The summed E-state index contributed by atoms with van der Waals surface area (Å²) in [5.74, 6) is 0.218. The second kappa shape index (κ2) is 8.68. The molecule has 0 fully saturated rings. The molecule has 2 amide bonds. The summed E-state index contributed by atoms with van der Waals surface area (Å²) in [5.41, 5.74) is 2.00. The van der Waals surface area contributed by atoms with Crippen LogP contribution in [0, 0.1) is 0 Å². The zero-order valence-corrected chi connectivity index (χ0v) is 17.4. The Morgan fingerprint density at radius 1 is 1.04 bits per heavy atom. The number of anilines is 1. The molecular formula is C18H16Cl3N3O4. The SMILES string of the molecule is COC(=O)N(C(=O)OC)c1c2cccc(-c3ccc(Cl)cc3Cl)c2nn1C.Cl. The highest BCUT2D eigenvalue weighted by Gasteiger charge is 2.31. The normalized spacial score (nSPS) is 10.3. The molecule has 10 heteroatoms. The van der Waals surface area contributed by atoms with Crippen molar-refractivity contribution in [3.05, 3.63) is 46.4 Å². The van der Waals surface area contributed by atoms with Crippen molar-refractivity contribution in [3.63, 3.8) is 0 Å². The predicted molar refractivity (Wildman–Crippen MR) is 111 cm³/mol. The number of aryl methyl sites for hydroxylation is 1. The topological polar surface area (TPSA) is 73.7 Å². The maximum absolute atomic E-state index is 12.2. The lowest BCUT2D eigenvalue weighted by molar-refractivity contribution is 0.159. The summed E-state index contributed by atoms with van der Waals surface area (Å²) in [6.07, 6.45) is -1.77. The van der Waals surface area contributed by atoms with Crippen LogP contribution < -0.4 is 4.90 Å². The molecule has 0 N–H and O–H groups in total. The minimum absolute atomic E-state index is 0. The van der Waals surface area contributed by atoms with E-state index in [1.165, 1.54) is 18.9 Å². The molecule has 0 saturated carbocycles. The van der Waals surface area contributed by atoms with Crippen molar-refractivity contribution in [2.75, 3.05) is 19.1 Å². The predicted octanol–water partition coefficient (Wildman–Crippen LogP) is 5.31. The molecule has 1 heterocycles. The number of aromatic nitrogens is 2. The van der Waals surface area contributed by atoms with Gasteiger partial charge in [-0.1, -0.05) is 41.4 Å². The number of hydrogen-bond donors (Lipinski definition) is 0. The fraction of sp³-hybridized carbons (Fsp3) is 0.167. The van der Waals surface area contributed by atoms with Crippen molar-refractivity contribution in [1.29, 1.82) is 0 Å². The number of hydrogen-bond acceptors (Lipinski definition) is 5. The number of halogens is 3. The molecule has 7 nitrogen and oxygen atoms in total. The van der Waals surface area contributed by atoms with Crippen LogP contribution in [0.5, 0.6) is 0 Å². The number of imide groups is 1. The van der Waals surface area contributed by atoms with Gasteiger partial charge in [-0.25, -0.2) is 9.59 Å². The maximum Gasteiger partial charge on any atom is 0.425 e. The van der Waals surface area contributed by atoms with Crippen LogP contribution in [0.1, 0.15) is 0 Å². The van der Waals surface area contributed by atoms with Crippen LogP contribution in [0.15, 0.2) is 36.4 Å². The third-order valence-electron chi connectivity index (χ3n) is 3.98. The van der Waals surface area contributed by atoms with Crippen molar-refractivity contribution in [2.24, 2.45) is 7.05 Å². The largest absolute Gasteiger partial charge is 0.452 e. The number of amides is 2. The van der Waals surface area contributed by atoms with Gasteiger partial charge in [0.05, 0.1) is 14.2 Å². The zero-order chi connectivity index (χ0) is 19.7. The number of fused-ring (bicyclic) bond motifs is 1. The molecule has 1 aromatic heterocycles. The van der Waals surface area contributed by atoms with Crippen molar-refractivity contribution in [3.8, 4) is 11.1 Å². The van der Waals surface area contributed by atoms with Crippen molar-refractivity contribution in [2.45, 2.75) is 0 Å². The Hall–Kier alpha value is -2.48. The van der Waals surface area contributed by atoms with Gasteiger partial charge in [0.25, 0.3) is 0 Å². The Morgan fingerprint density at radius 3 is 2.25 bits per heavy atom. The molecule has 3 rings (SSSR count). The number of rotatable bonds is 2. The summed E-state index contributed by atoms with van der Waals surface area (Å²) < 4.78 is 10.8. The molecule has 0 aliphatic heterocycles.